The Labute approximate surface area is 290 Å². The first-order chi connectivity index (χ1) is 24.3. The molecule has 1 amide bonds. The molecular formula is C36H29F7N6O3. The van der Waals surface area contributed by atoms with E-state index in [0.717, 1.165) is 19.1 Å². The molecule has 0 unspecified atom stereocenters. The van der Waals surface area contributed by atoms with Crippen molar-refractivity contribution in [2.45, 2.75) is 63.9 Å². The minimum Gasteiger partial charge on any atom is -0.378 e. The largest absolute Gasteiger partial charge is 0.435 e. The van der Waals surface area contributed by atoms with Crippen LogP contribution in [0.4, 0.5) is 30.7 Å². The van der Waals surface area contributed by atoms with Crippen LogP contribution in [-0.2, 0) is 36.3 Å². The van der Waals surface area contributed by atoms with E-state index in [-0.39, 0.29) is 39.8 Å². The van der Waals surface area contributed by atoms with Gasteiger partial charge in [-0.05, 0) is 68.5 Å². The van der Waals surface area contributed by atoms with Gasteiger partial charge in [-0.3, -0.25) is 14.3 Å². The van der Waals surface area contributed by atoms with Crippen LogP contribution in [0.1, 0.15) is 60.7 Å². The number of aromatic nitrogens is 5. The first kappa shape index (κ1) is 36.2. The number of nitrogens with zero attached hydrogens (tertiary/aromatic N) is 4. The summed E-state index contributed by atoms with van der Waals surface area (Å²) in [5.74, 6) is -2.86. The van der Waals surface area contributed by atoms with E-state index < -0.39 is 82.7 Å². The molecule has 1 aliphatic carbocycles. The summed E-state index contributed by atoms with van der Waals surface area (Å²) in [7, 11) is 0. The molecule has 9 nitrogen and oxygen atoms in total. The molecule has 3 heterocycles. The average Bonchev–Trinajstić information content (AvgIpc) is 3.52. The van der Waals surface area contributed by atoms with Crippen molar-refractivity contribution in [2.75, 3.05) is 0 Å². The number of alkyl halides is 5. The number of para-hydroxylation sites is 1. The Balaban J connectivity index is 1.50. The minimum absolute atomic E-state index is 0.00998. The highest BCUT2D eigenvalue weighted by Gasteiger charge is 2.54. The topological polar surface area (TPSA) is 126 Å². The van der Waals surface area contributed by atoms with Crippen LogP contribution >= 0.6 is 0 Å². The van der Waals surface area contributed by atoms with E-state index in [4.69, 9.17) is 0 Å². The summed E-state index contributed by atoms with van der Waals surface area (Å²) in [5, 5.41) is 16.4. The van der Waals surface area contributed by atoms with Crippen LogP contribution < -0.4 is 10.9 Å². The zero-order chi connectivity index (χ0) is 37.7. The number of rotatable bonds is 7. The van der Waals surface area contributed by atoms with E-state index in [1.165, 1.54) is 38.4 Å². The molecule has 1 aliphatic rings. The van der Waals surface area contributed by atoms with Crippen LogP contribution in [-0.4, -0.2) is 41.3 Å². The maximum Gasteiger partial charge on any atom is 0.435 e. The number of halogens is 7. The summed E-state index contributed by atoms with van der Waals surface area (Å²) in [4.78, 5) is 37.8. The third-order valence-electron chi connectivity index (χ3n) is 8.47. The number of hydrogen-bond acceptors (Lipinski definition) is 6. The van der Waals surface area contributed by atoms with E-state index in [0.29, 0.717) is 16.3 Å². The Hall–Kier alpha value is -5.56. The van der Waals surface area contributed by atoms with Crippen LogP contribution in [0.3, 0.4) is 0 Å². The summed E-state index contributed by atoms with van der Waals surface area (Å²) < 4.78 is 101. The van der Waals surface area contributed by atoms with E-state index in [2.05, 4.69) is 37.2 Å². The van der Waals surface area contributed by atoms with Crippen molar-refractivity contribution in [1.29, 1.82) is 0 Å². The number of fused-ring (bicyclic) bond motifs is 2. The van der Waals surface area contributed by atoms with Gasteiger partial charge in [0.25, 0.3) is 11.5 Å². The Morgan fingerprint density at radius 3 is 2.50 bits per heavy atom. The molecule has 3 aromatic heterocycles. The fourth-order valence-electron chi connectivity index (χ4n) is 6.20. The predicted molar refractivity (Wildman–Crippen MR) is 174 cm³/mol. The van der Waals surface area contributed by atoms with Gasteiger partial charge in [-0.2, -0.15) is 27.1 Å². The minimum atomic E-state index is -5.08. The predicted octanol–water partition coefficient (Wildman–Crippen LogP) is 5.99. The van der Waals surface area contributed by atoms with Gasteiger partial charge in [-0.25, -0.2) is 18.7 Å². The highest BCUT2D eigenvalue weighted by atomic mass is 19.4. The van der Waals surface area contributed by atoms with Crippen LogP contribution in [0, 0.1) is 29.4 Å². The van der Waals surface area contributed by atoms with Crippen molar-refractivity contribution in [2.24, 2.45) is 5.92 Å². The number of benzene rings is 2. The SMILES string of the molecule is C[C@@H]1Cc2c(C(F)(F)F)nn(CC(=O)N[C@@H](Cc3cc(F)cc(F)c3)c3nc(C#CC(C)(C)O)ccc3-c3cccc4c(=O)[nH]cnc34)c2C1(F)F. The maximum atomic E-state index is 15.2. The molecule has 0 bridgehead atoms. The fraction of sp³-hybridized carbons (Fsp3) is 0.306. The molecule has 3 N–H and O–H groups in total. The number of H-pyrrole nitrogens is 1. The highest BCUT2D eigenvalue weighted by molar-refractivity contribution is 5.93. The Morgan fingerprint density at radius 1 is 1.12 bits per heavy atom. The standard InChI is InChI=1S/C36H29F7N6O3/c1-18-11-26-31(36(41,42)43)48-49(32(26)35(18,39)40)16-28(50)47-27(14-19-12-20(37)15-21(38)13-19)30-24(8-7-22(46-30)9-10-34(2,3)52)23-5-4-6-25-29(23)44-17-45-33(25)51/h4-8,12-13,15,17-18,27,52H,11,14,16H2,1-3H3,(H,47,50)(H,44,45,51)/t18-,27+/m1/s1. The molecule has 16 heteroatoms. The summed E-state index contributed by atoms with van der Waals surface area (Å²) in [6, 6.07) is 9.00. The molecule has 52 heavy (non-hydrogen) atoms. The Bertz CT molecular complexity index is 2310. The van der Waals surface area contributed by atoms with Gasteiger partial charge >= 0.3 is 6.18 Å². The van der Waals surface area contributed by atoms with Gasteiger partial charge < -0.3 is 15.4 Å². The smallest absolute Gasteiger partial charge is 0.378 e. The van der Waals surface area contributed by atoms with Gasteiger partial charge in [-0.15, -0.1) is 0 Å². The van der Waals surface area contributed by atoms with Gasteiger partial charge in [0, 0.05) is 28.7 Å². The van der Waals surface area contributed by atoms with Crippen LogP contribution in [0.15, 0.2) is 59.7 Å². The average molecular weight is 727 g/mol. The monoisotopic (exact) mass is 726 g/mol. The normalized spacial score (nSPS) is 15.9. The fourth-order valence-corrected chi connectivity index (χ4v) is 6.20. The van der Waals surface area contributed by atoms with E-state index in [9.17, 15) is 36.6 Å². The lowest BCUT2D eigenvalue weighted by Gasteiger charge is -2.23. The lowest BCUT2D eigenvalue weighted by molar-refractivity contribution is -0.142. The molecule has 0 fully saturated rings. The molecule has 5 aromatic rings. The van der Waals surface area contributed by atoms with Crippen LogP contribution in [0.5, 0.6) is 0 Å². The zero-order valence-corrected chi connectivity index (χ0v) is 27.7. The summed E-state index contributed by atoms with van der Waals surface area (Å²) in [5.41, 5.74) is -4.24. The first-order valence-electron chi connectivity index (χ1n) is 15.8. The highest BCUT2D eigenvalue weighted by Crippen LogP contribution is 2.49. The van der Waals surface area contributed by atoms with Gasteiger partial charge in [0.05, 0.1) is 29.0 Å². The molecule has 270 valence electrons. The second-order valence-electron chi connectivity index (χ2n) is 13.0. The number of nitrogens with one attached hydrogen (secondary N) is 2. The van der Waals surface area contributed by atoms with E-state index >= 15 is 8.78 Å². The molecule has 2 aromatic carbocycles. The molecule has 0 spiro atoms. The molecule has 0 saturated carbocycles. The lowest BCUT2D eigenvalue weighted by atomic mass is 9.93. The van der Waals surface area contributed by atoms with E-state index in [1.807, 2.05) is 0 Å². The van der Waals surface area contributed by atoms with Crippen LogP contribution in [0.2, 0.25) is 0 Å². The molecule has 6 rings (SSSR count). The first-order valence-corrected chi connectivity index (χ1v) is 15.8. The van der Waals surface area contributed by atoms with Crippen molar-refractivity contribution in [3.8, 4) is 23.0 Å². The number of pyridine rings is 1. The molecule has 2 atom stereocenters. The maximum absolute atomic E-state index is 15.2. The van der Waals surface area contributed by atoms with Crippen molar-refractivity contribution in [3.05, 3.63) is 111 Å². The molecule has 0 aliphatic heterocycles. The number of aromatic amines is 1. The second kappa shape index (κ2) is 13.2. The number of carbonyl (C=O) groups is 1. The lowest BCUT2D eigenvalue weighted by Crippen LogP contribution is -2.35. The quantitative estimate of drug-likeness (QED) is 0.140. The van der Waals surface area contributed by atoms with Crippen molar-refractivity contribution < 1.29 is 40.6 Å². The van der Waals surface area contributed by atoms with E-state index in [1.54, 1.807) is 12.1 Å². The number of carbonyl (C=O) groups excluding carboxylic acids is 1. The molecule has 0 radical (unpaired) electrons. The summed E-state index contributed by atoms with van der Waals surface area (Å²) >= 11 is 0. The zero-order valence-electron chi connectivity index (χ0n) is 27.7. The van der Waals surface area contributed by atoms with Crippen molar-refractivity contribution >= 4 is 16.8 Å². The Kier molecular flexibility index (Phi) is 9.20. The van der Waals surface area contributed by atoms with Gasteiger partial charge in [-0.1, -0.05) is 25.0 Å². The molecular weight excluding hydrogens is 697 g/mol. The van der Waals surface area contributed by atoms with Crippen molar-refractivity contribution in [1.82, 2.24) is 30.0 Å². The summed E-state index contributed by atoms with van der Waals surface area (Å²) in [6.07, 6.45) is -4.87. The Morgan fingerprint density at radius 2 is 1.83 bits per heavy atom. The number of amides is 1. The van der Waals surface area contributed by atoms with Crippen LogP contribution in [0.25, 0.3) is 22.0 Å². The summed E-state index contributed by atoms with van der Waals surface area (Å²) in [6.45, 7) is 2.87. The number of aliphatic hydroxyl groups is 1. The third-order valence-corrected chi connectivity index (χ3v) is 8.47. The molecule has 0 saturated heterocycles. The number of hydrogen-bond donors (Lipinski definition) is 3. The van der Waals surface area contributed by atoms with Crippen molar-refractivity contribution in [3.63, 3.8) is 0 Å². The van der Waals surface area contributed by atoms with Gasteiger partial charge in [0.15, 0.2) is 5.69 Å². The third kappa shape index (κ3) is 7.26. The van der Waals surface area contributed by atoms with Gasteiger partial charge in [0.2, 0.25) is 5.91 Å². The second-order valence-corrected chi connectivity index (χ2v) is 13.0. The van der Waals surface area contributed by atoms with Gasteiger partial charge in [0.1, 0.15) is 35.2 Å².